The van der Waals surface area contributed by atoms with E-state index in [4.69, 9.17) is 10.5 Å². The SMILES string of the molecule is COc1ccc(-c2ccncc2N)cc1. The van der Waals surface area contributed by atoms with Crippen LogP contribution in [-0.2, 0) is 0 Å². The van der Waals surface area contributed by atoms with Crippen LogP contribution >= 0.6 is 0 Å². The first-order valence-electron chi connectivity index (χ1n) is 4.65. The molecule has 3 heteroatoms. The molecule has 2 N–H and O–H groups in total. The van der Waals surface area contributed by atoms with Crippen molar-refractivity contribution in [2.24, 2.45) is 0 Å². The molecular formula is C12H12N2O. The molecule has 76 valence electrons. The zero-order valence-electron chi connectivity index (χ0n) is 8.47. The Labute approximate surface area is 88.5 Å². The molecule has 0 saturated heterocycles. The average molecular weight is 200 g/mol. The quantitative estimate of drug-likeness (QED) is 0.809. The van der Waals surface area contributed by atoms with Gasteiger partial charge < -0.3 is 10.5 Å². The minimum atomic E-state index is 0.683. The third-order valence-corrected chi connectivity index (χ3v) is 2.25. The van der Waals surface area contributed by atoms with E-state index in [-0.39, 0.29) is 0 Å². The molecule has 0 aliphatic rings. The van der Waals surface area contributed by atoms with E-state index in [1.54, 1.807) is 19.5 Å². The van der Waals surface area contributed by atoms with Gasteiger partial charge in [-0.15, -0.1) is 0 Å². The van der Waals surface area contributed by atoms with Crippen LogP contribution in [0, 0.1) is 0 Å². The van der Waals surface area contributed by atoms with Crippen molar-refractivity contribution >= 4 is 5.69 Å². The lowest BCUT2D eigenvalue weighted by Crippen LogP contribution is -1.90. The molecule has 15 heavy (non-hydrogen) atoms. The van der Waals surface area contributed by atoms with E-state index in [1.807, 2.05) is 30.3 Å². The Kier molecular flexibility index (Phi) is 2.54. The number of rotatable bonds is 2. The first-order chi connectivity index (χ1) is 7.31. The van der Waals surface area contributed by atoms with Crippen LogP contribution in [0.1, 0.15) is 0 Å². The monoisotopic (exact) mass is 200 g/mol. The van der Waals surface area contributed by atoms with Crippen LogP contribution in [-0.4, -0.2) is 12.1 Å². The molecule has 0 aliphatic heterocycles. The lowest BCUT2D eigenvalue weighted by atomic mass is 10.1. The van der Waals surface area contributed by atoms with Crippen LogP contribution in [0.5, 0.6) is 5.75 Å². The van der Waals surface area contributed by atoms with Gasteiger partial charge in [-0.1, -0.05) is 12.1 Å². The van der Waals surface area contributed by atoms with Crippen molar-refractivity contribution in [2.75, 3.05) is 12.8 Å². The van der Waals surface area contributed by atoms with Gasteiger partial charge in [-0.2, -0.15) is 0 Å². The maximum absolute atomic E-state index is 5.83. The van der Waals surface area contributed by atoms with Gasteiger partial charge in [0.05, 0.1) is 19.0 Å². The minimum Gasteiger partial charge on any atom is -0.497 e. The molecule has 0 radical (unpaired) electrons. The first-order valence-corrected chi connectivity index (χ1v) is 4.65. The van der Waals surface area contributed by atoms with Crippen LogP contribution in [0.2, 0.25) is 0 Å². The molecule has 0 bridgehead atoms. The summed E-state index contributed by atoms with van der Waals surface area (Å²) in [5, 5.41) is 0. The van der Waals surface area contributed by atoms with Gasteiger partial charge in [0.1, 0.15) is 5.75 Å². The highest BCUT2D eigenvalue weighted by atomic mass is 16.5. The zero-order chi connectivity index (χ0) is 10.7. The van der Waals surface area contributed by atoms with Crippen LogP contribution in [0.3, 0.4) is 0 Å². The Balaban J connectivity index is 2.42. The molecule has 1 aromatic heterocycles. The van der Waals surface area contributed by atoms with E-state index in [0.717, 1.165) is 16.9 Å². The van der Waals surface area contributed by atoms with E-state index in [2.05, 4.69) is 4.98 Å². The Morgan fingerprint density at radius 2 is 1.87 bits per heavy atom. The molecule has 3 nitrogen and oxygen atoms in total. The van der Waals surface area contributed by atoms with Gasteiger partial charge in [0.2, 0.25) is 0 Å². The summed E-state index contributed by atoms with van der Waals surface area (Å²) in [4.78, 5) is 3.95. The fraction of sp³-hybridized carbons (Fsp3) is 0.0833. The van der Waals surface area contributed by atoms with E-state index in [1.165, 1.54) is 0 Å². The number of pyridine rings is 1. The fourth-order valence-electron chi connectivity index (χ4n) is 1.44. The molecule has 0 spiro atoms. The van der Waals surface area contributed by atoms with Gasteiger partial charge in [-0.3, -0.25) is 4.98 Å². The Bertz CT molecular complexity index is 451. The maximum Gasteiger partial charge on any atom is 0.118 e. The molecule has 1 heterocycles. The second kappa shape index (κ2) is 4.00. The van der Waals surface area contributed by atoms with Crippen LogP contribution < -0.4 is 10.5 Å². The standard InChI is InChI=1S/C12H12N2O/c1-15-10-4-2-9(3-5-10)11-6-7-14-8-12(11)13/h2-8H,13H2,1H3. The topological polar surface area (TPSA) is 48.1 Å². The van der Waals surface area contributed by atoms with Crippen LogP contribution in [0.25, 0.3) is 11.1 Å². The number of nitrogens with two attached hydrogens (primary N) is 1. The largest absolute Gasteiger partial charge is 0.497 e. The Morgan fingerprint density at radius 3 is 2.47 bits per heavy atom. The Hall–Kier alpha value is -2.03. The molecule has 2 aromatic rings. The average Bonchev–Trinajstić information content (AvgIpc) is 2.30. The molecule has 2 rings (SSSR count). The van der Waals surface area contributed by atoms with Crippen LogP contribution in [0.4, 0.5) is 5.69 Å². The van der Waals surface area contributed by atoms with Crippen molar-refractivity contribution < 1.29 is 4.74 Å². The third kappa shape index (κ3) is 1.91. The van der Waals surface area contributed by atoms with Crippen molar-refractivity contribution in [2.45, 2.75) is 0 Å². The number of benzene rings is 1. The summed E-state index contributed by atoms with van der Waals surface area (Å²) in [6, 6.07) is 9.68. The number of ether oxygens (including phenoxy) is 1. The summed E-state index contributed by atoms with van der Waals surface area (Å²) in [7, 11) is 1.65. The maximum atomic E-state index is 5.83. The van der Waals surface area contributed by atoms with Crippen molar-refractivity contribution in [3.63, 3.8) is 0 Å². The highest BCUT2D eigenvalue weighted by molar-refractivity contribution is 5.75. The first kappa shape index (κ1) is 9.52. The van der Waals surface area contributed by atoms with Gasteiger partial charge in [0.15, 0.2) is 0 Å². The summed E-state index contributed by atoms with van der Waals surface area (Å²) >= 11 is 0. The predicted molar refractivity (Wildman–Crippen MR) is 60.6 cm³/mol. The van der Waals surface area contributed by atoms with E-state index >= 15 is 0 Å². The van der Waals surface area contributed by atoms with Crippen LogP contribution in [0.15, 0.2) is 42.7 Å². The highest BCUT2D eigenvalue weighted by Gasteiger charge is 2.01. The summed E-state index contributed by atoms with van der Waals surface area (Å²) in [6.45, 7) is 0. The number of nitrogen functional groups attached to an aromatic ring is 1. The van der Waals surface area contributed by atoms with Gasteiger partial charge in [-0.05, 0) is 23.8 Å². The minimum absolute atomic E-state index is 0.683. The number of methoxy groups -OCH3 is 1. The normalized spacial score (nSPS) is 9.93. The fourth-order valence-corrected chi connectivity index (χ4v) is 1.44. The number of aromatic nitrogens is 1. The van der Waals surface area contributed by atoms with Gasteiger partial charge >= 0.3 is 0 Å². The summed E-state index contributed by atoms with van der Waals surface area (Å²) in [6.07, 6.45) is 3.38. The van der Waals surface area contributed by atoms with Gasteiger partial charge in [0.25, 0.3) is 0 Å². The summed E-state index contributed by atoms with van der Waals surface area (Å²) < 4.78 is 5.09. The molecule has 0 amide bonds. The molecule has 1 aromatic carbocycles. The van der Waals surface area contributed by atoms with Crippen molar-refractivity contribution in [1.82, 2.24) is 4.98 Å². The molecule has 0 atom stereocenters. The lowest BCUT2D eigenvalue weighted by Gasteiger charge is -2.05. The molecule has 0 aliphatic carbocycles. The van der Waals surface area contributed by atoms with Crippen molar-refractivity contribution in [1.29, 1.82) is 0 Å². The van der Waals surface area contributed by atoms with E-state index < -0.39 is 0 Å². The zero-order valence-corrected chi connectivity index (χ0v) is 8.47. The van der Waals surface area contributed by atoms with E-state index in [0.29, 0.717) is 5.69 Å². The third-order valence-electron chi connectivity index (χ3n) is 2.25. The number of anilines is 1. The molecular weight excluding hydrogens is 188 g/mol. The smallest absolute Gasteiger partial charge is 0.118 e. The predicted octanol–water partition coefficient (Wildman–Crippen LogP) is 2.34. The number of hydrogen-bond acceptors (Lipinski definition) is 3. The summed E-state index contributed by atoms with van der Waals surface area (Å²) in [5.74, 6) is 0.839. The number of hydrogen-bond donors (Lipinski definition) is 1. The van der Waals surface area contributed by atoms with Crippen molar-refractivity contribution in [3.8, 4) is 16.9 Å². The Morgan fingerprint density at radius 1 is 1.13 bits per heavy atom. The van der Waals surface area contributed by atoms with Gasteiger partial charge in [-0.25, -0.2) is 0 Å². The molecule has 0 fully saturated rings. The second-order valence-corrected chi connectivity index (χ2v) is 3.19. The van der Waals surface area contributed by atoms with Crippen molar-refractivity contribution in [3.05, 3.63) is 42.7 Å². The van der Waals surface area contributed by atoms with E-state index in [9.17, 15) is 0 Å². The van der Waals surface area contributed by atoms with Gasteiger partial charge in [0, 0.05) is 11.8 Å². The molecule has 0 unspecified atom stereocenters. The molecule has 0 saturated carbocycles. The second-order valence-electron chi connectivity index (χ2n) is 3.19. The number of nitrogens with zero attached hydrogens (tertiary/aromatic N) is 1. The highest BCUT2D eigenvalue weighted by Crippen LogP contribution is 2.26. The summed E-state index contributed by atoms with van der Waals surface area (Å²) in [5.41, 5.74) is 8.57. The lowest BCUT2D eigenvalue weighted by molar-refractivity contribution is 0.415.